The quantitative estimate of drug-likeness (QED) is 0.445. The Bertz CT molecular complexity index is 696. The van der Waals surface area contributed by atoms with Crippen molar-refractivity contribution in [1.82, 2.24) is 15.5 Å². The number of hydrogen-bond acceptors (Lipinski definition) is 5. The summed E-state index contributed by atoms with van der Waals surface area (Å²) in [7, 11) is 1.36. The van der Waals surface area contributed by atoms with Crippen molar-refractivity contribution in [2.24, 2.45) is 0 Å². The third kappa shape index (κ3) is 6.64. The van der Waals surface area contributed by atoms with E-state index in [9.17, 15) is 14.4 Å². The van der Waals surface area contributed by atoms with Crippen molar-refractivity contribution >= 4 is 17.8 Å². The fourth-order valence-electron chi connectivity index (χ4n) is 3.05. The van der Waals surface area contributed by atoms with E-state index in [2.05, 4.69) is 20.3 Å². The van der Waals surface area contributed by atoms with E-state index in [1.165, 1.54) is 7.11 Å². The minimum absolute atomic E-state index is 0.0144. The van der Waals surface area contributed by atoms with Gasteiger partial charge in [-0.25, -0.2) is 0 Å². The molecule has 0 bridgehead atoms. The average molecular weight is 387 g/mol. The van der Waals surface area contributed by atoms with E-state index in [4.69, 9.17) is 0 Å². The van der Waals surface area contributed by atoms with Gasteiger partial charge in [-0.1, -0.05) is 12.1 Å². The first-order valence-corrected chi connectivity index (χ1v) is 10.0. The van der Waals surface area contributed by atoms with Gasteiger partial charge in [-0.15, -0.1) is 0 Å². The lowest BCUT2D eigenvalue weighted by molar-refractivity contribution is -0.140. The van der Waals surface area contributed by atoms with Crippen molar-refractivity contribution in [3.63, 3.8) is 0 Å². The molecule has 2 aliphatic rings. The number of benzene rings is 1. The van der Waals surface area contributed by atoms with E-state index in [1.807, 2.05) is 24.3 Å². The molecule has 0 heterocycles. The van der Waals surface area contributed by atoms with Crippen LogP contribution in [0.1, 0.15) is 54.4 Å². The SMILES string of the molecule is COC(=O)CCCNC(=O)CN(Cc1ccc(C(=O)NC2CC2)cc1)C1CC1. The summed E-state index contributed by atoms with van der Waals surface area (Å²) >= 11 is 0. The number of carbonyl (C=O) groups is 3. The molecule has 3 rings (SSSR count). The number of esters is 1. The van der Waals surface area contributed by atoms with Crippen LogP contribution in [0, 0.1) is 0 Å². The Morgan fingerprint density at radius 1 is 1.11 bits per heavy atom. The molecule has 2 amide bonds. The normalized spacial score (nSPS) is 15.9. The molecule has 2 saturated carbocycles. The summed E-state index contributed by atoms with van der Waals surface area (Å²) in [5, 5.41) is 5.86. The molecule has 0 unspecified atom stereocenters. The van der Waals surface area contributed by atoms with Crippen LogP contribution < -0.4 is 10.6 Å². The molecule has 7 heteroatoms. The highest BCUT2D eigenvalue weighted by Gasteiger charge is 2.30. The lowest BCUT2D eigenvalue weighted by Gasteiger charge is -2.21. The van der Waals surface area contributed by atoms with Crippen molar-refractivity contribution in [2.75, 3.05) is 20.2 Å². The zero-order chi connectivity index (χ0) is 19.9. The van der Waals surface area contributed by atoms with Crippen LogP contribution in [0.5, 0.6) is 0 Å². The minimum Gasteiger partial charge on any atom is -0.469 e. The second-order valence-electron chi connectivity index (χ2n) is 7.61. The summed E-state index contributed by atoms with van der Waals surface area (Å²) in [4.78, 5) is 37.6. The maximum Gasteiger partial charge on any atom is 0.305 e. The summed E-state index contributed by atoms with van der Waals surface area (Å²) in [6.45, 7) is 1.49. The number of methoxy groups -OCH3 is 1. The average Bonchev–Trinajstić information content (AvgIpc) is 3.59. The molecule has 0 aromatic heterocycles. The lowest BCUT2D eigenvalue weighted by atomic mass is 10.1. The topological polar surface area (TPSA) is 87.7 Å². The predicted molar refractivity (Wildman–Crippen MR) is 105 cm³/mol. The standard InChI is InChI=1S/C21H29N3O4/c1-28-20(26)3-2-12-22-19(25)14-24(18-10-11-18)13-15-4-6-16(7-5-15)21(27)23-17-8-9-17/h4-7,17-18H,2-3,8-14H2,1H3,(H,22,25)(H,23,27). The summed E-state index contributed by atoms with van der Waals surface area (Å²) in [6.07, 6.45) is 5.25. The first kappa shape index (κ1) is 20.3. The molecule has 152 valence electrons. The molecule has 0 radical (unpaired) electrons. The number of amides is 2. The highest BCUT2D eigenvalue weighted by atomic mass is 16.5. The molecule has 2 aliphatic carbocycles. The highest BCUT2D eigenvalue weighted by molar-refractivity contribution is 5.94. The van der Waals surface area contributed by atoms with Crippen molar-refractivity contribution in [3.8, 4) is 0 Å². The summed E-state index contributed by atoms with van der Waals surface area (Å²) < 4.78 is 4.59. The Morgan fingerprint density at radius 2 is 1.82 bits per heavy atom. The van der Waals surface area contributed by atoms with Gasteiger partial charge in [-0.2, -0.15) is 0 Å². The Labute approximate surface area is 165 Å². The zero-order valence-electron chi connectivity index (χ0n) is 16.4. The van der Waals surface area contributed by atoms with Crippen molar-refractivity contribution in [2.45, 2.75) is 57.2 Å². The van der Waals surface area contributed by atoms with E-state index in [0.717, 1.165) is 31.2 Å². The number of ether oxygens (including phenoxy) is 1. The molecule has 28 heavy (non-hydrogen) atoms. The Morgan fingerprint density at radius 3 is 2.43 bits per heavy atom. The maximum atomic E-state index is 12.2. The molecule has 1 aromatic carbocycles. The number of nitrogens with one attached hydrogen (secondary N) is 2. The predicted octanol–water partition coefficient (Wildman–Crippen LogP) is 1.61. The Hall–Kier alpha value is -2.41. The van der Waals surface area contributed by atoms with Gasteiger partial charge >= 0.3 is 5.97 Å². The second kappa shape index (κ2) is 9.68. The van der Waals surface area contributed by atoms with Crippen molar-refractivity contribution in [3.05, 3.63) is 35.4 Å². The molecule has 7 nitrogen and oxygen atoms in total. The Balaban J connectivity index is 1.44. The monoisotopic (exact) mass is 387 g/mol. The number of carbonyl (C=O) groups excluding carboxylic acids is 3. The lowest BCUT2D eigenvalue weighted by Crippen LogP contribution is -2.38. The third-order valence-corrected chi connectivity index (χ3v) is 5.03. The van der Waals surface area contributed by atoms with Crippen molar-refractivity contribution < 1.29 is 19.1 Å². The van der Waals surface area contributed by atoms with Crippen LogP contribution in [-0.2, 0) is 20.9 Å². The number of nitrogens with zero attached hydrogens (tertiary/aromatic N) is 1. The Kier molecular flexibility index (Phi) is 7.03. The second-order valence-corrected chi connectivity index (χ2v) is 7.61. The molecular weight excluding hydrogens is 358 g/mol. The van der Waals surface area contributed by atoms with Crippen molar-refractivity contribution in [1.29, 1.82) is 0 Å². The van der Waals surface area contributed by atoms with Crippen LogP contribution in [0.25, 0.3) is 0 Å². The van der Waals surface area contributed by atoms with Gasteiger partial charge < -0.3 is 15.4 Å². The van der Waals surface area contributed by atoms with Gasteiger partial charge in [-0.05, 0) is 49.8 Å². The van der Waals surface area contributed by atoms with E-state index in [-0.39, 0.29) is 17.8 Å². The van der Waals surface area contributed by atoms with E-state index >= 15 is 0 Å². The van der Waals surface area contributed by atoms with Gasteiger partial charge in [0.15, 0.2) is 0 Å². The van der Waals surface area contributed by atoms with E-state index in [0.29, 0.717) is 50.1 Å². The fraction of sp³-hybridized carbons (Fsp3) is 0.571. The molecular formula is C21H29N3O4. The highest BCUT2D eigenvalue weighted by Crippen LogP contribution is 2.28. The van der Waals surface area contributed by atoms with Crippen LogP contribution in [0.2, 0.25) is 0 Å². The van der Waals surface area contributed by atoms with Gasteiger partial charge in [0.2, 0.25) is 5.91 Å². The first-order valence-electron chi connectivity index (χ1n) is 10.0. The maximum absolute atomic E-state index is 12.2. The fourth-order valence-corrected chi connectivity index (χ4v) is 3.05. The summed E-state index contributed by atoms with van der Waals surface area (Å²) in [6, 6.07) is 8.43. The van der Waals surface area contributed by atoms with E-state index < -0.39 is 0 Å². The molecule has 0 saturated heterocycles. The van der Waals surface area contributed by atoms with Crippen LogP contribution >= 0.6 is 0 Å². The molecule has 2 fully saturated rings. The van der Waals surface area contributed by atoms with Crippen LogP contribution in [0.3, 0.4) is 0 Å². The molecule has 0 aliphatic heterocycles. The minimum atomic E-state index is -0.261. The molecule has 0 spiro atoms. The zero-order valence-corrected chi connectivity index (χ0v) is 16.4. The van der Waals surface area contributed by atoms with Gasteiger partial charge in [0, 0.05) is 37.2 Å². The van der Waals surface area contributed by atoms with Crippen LogP contribution in [0.15, 0.2) is 24.3 Å². The molecule has 2 N–H and O–H groups in total. The van der Waals surface area contributed by atoms with Gasteiger partial charge in [-0.3, -0.25) is 19.3 Å². The third-order valence-electron chi connectivity index (χ3n) is 5.03. The molecule has 0 atom stereocenters. The van der Waals surface area contributed by atoms with Gasteiger partial charge in [0.05, 0.1) is 13.7 Å². The number of rotatable bonds is 11. The first-order chi connectivity index (χ1) is 13.5. The summed E-state index contributed by atoms with van der Waals surface area (Å²) in [5.41, 5.74) is 1.77. The smallest absolute Gasteiger partial charge is 0.305 e. The summed E-state index contributed by atoms with van der Waals surface area (Å²) in [5.74, 6) is -0.306. The van der Waals surface area contributed by atoms with Gasteiger partial charge in [0.1, 0.15) is 0 Å². The largest absolute Gasteiger partial charge is 0.469 e. The van der Waals surface area contributed by atoms with Crippen LogP contribution in [-0.4, -0.2) is 55.0 Å². The number of hydrogen-bond donors (Lipinski definition) is 2. The van der Waals surface area contributed by atoms with E-state index in [1.54, 1.807) is 0 Å². The molecule has 1 aromatic rings. The van der Waals surface area contributed by atoms with Crippen LogP contribution in [0.4, 0.5) is 0 Å². The van der Waals surface area contributed by atoms with Gasteiger partial charge in [0.25, 0.3) is 5.91 Å².